The molecule has 3 aromatic heterocycles. The summed E-state index contributed by atoms with van der Waals surface area (Å²) in [5.41, 5.74) is 1.75. The van der Waals surface area contributed by atoms with Gasteiger partial charge in [-0.2, -0.15) is 9.50 Å². The van der Waals surface area contributed by atoms with Gasteiger partial charge in [0.1, 0.15) is 21.8 Å². The zero-order chi connectivity index (χ0) is 23.5. The number of nitrogens with zero attached hydrogens (tertiary/aromatic N) is 3. The second kappa shape index (κ2) is 9.79. The van der Waals surface area contributed by atoms with Crippen molar-refractivity contribution in [3.8, 4) is 17.1 Å². The van der Waals surface area contributed by atoms with Gasteiger partial charge in [-0.15, -0.1) is 5.10 Å². The van der Waals surface area contributed by atoms with E-state index in [1.54, 1.807) is 12.2 Å². The first kappa shape index (κ1) is 22.3. The van der Waals surface area contributed by atoms with Crippen molar-refractivity contribution < 1.29 is 9.15 Å². The number of benzene rings is 2. The molecule has 0 aliphatic carbocycles. The number of halogens is 1. The average molecular weight is 534 g/mol. The van der Waals surface area contributed by atoms with Crippen LogP contribution in [0, 0.1) is 0 Å². The molecule has 0 saturated carbocycles. The Kier molecular flexibility index (Phi) is 6.42. The summed E-state index contributed by atoms with van der Waals surface area (Å²) in [7, 11) is 0. The van der Waals surface area contributed by atoms with Gasteiger partial charge >= 0.3 is 0 Å². The molecule has 8 heteroatoms. The minimum atomic E-state index is -0.217. The normalized spacial score (nSPS) is 12.2. The Morgan fingerprint density at radius 1 is 1.06 bits per heavy atom. The Hall–Kier alpha value is -3.49. The Labute approximate surface area is 208 Å². The number of aromatic nitrogens is 3. The quantitative estimate of drug-likeness (QED) is 0.269. The third-order valence-corrected chi connectivity index (χ3v) is 6.49. The minimum absolute atomic E-state index is 0.217. The summed E-state index contributed by atoms with van der Waals surface area (Å²) in [6.45, 7) is 2.78. The highest BCUT2D eigenvalue weighted by molar-refractivity contribution is 9.10. The van der Waals surface area contributed by atoms with Crippen molar-refractivity contribution in [3.05, 3.63) is 97.2 Å². The third kappa shape index (κ3) is 4.88. The molecule has 0 atom stereocenters. The molecule has 5 rings (SSSR count). The van der Waals surface area contributed by atoms with Crippen molar-refractivity contribution in [2.75, 3.05) is 6.61 Å². The Bertz CT molecular complexity index is 1560. The molecule has 6 nitrogen and oxygen atoms in total. The van der Waals surface area contributed by atoms with Gasteiger partial charge in [0.05, 0.1) is 6.61 Å². The van der Waals surface area contributed by atoms with Gasteiger partial charge in [-0.05, 0) is 54.5 Å². The summed E-state index contributed by atoms with van der Waals surface area (Å²) in [6, 6.07) is 19.4. The van der Waals surface area contributed by atoms with E-state index >= 15 is 0 Å². The second-order valence-electron chi connectivity index (χ2n) is 7.54. The van der Waals surface area contributed by atoms with Crippen molar-refractivity contribution in [3.63, 3.8) is 0 Å². The molecule has 5 aromatic rings. The van der Waals surface area contributed by atoms with Crippen LogP contribution >= 0.6 is 27.3 Å². The number of ether oxygens (including phenoxy) is 1. The lowest BCUT2D eigenvalue weighted by atomic mass is 10.2. The smallest absolute Gasteiger partial charge is 0.291 e. The molecule has 0 radical (unpaired) electrons. The standard InChI is InChI=1S/C26H20BrN3O3S/c1-2-15-32-20-10-3-17(4-11-20)5-14-24-28-26-30(29-24)25(31)23(34-26)16-21-12-13-22(33-21)18-6-8-19(27)9-7-18/h3-14,16H,2,15H2,1H3/b14-5+,23-16-. The number of thiazole rings is 1. The van der Waals surface area contributed by atoms with Crippen LogP contribution in [-0.2, 0) is 0 Å². The number of hydrogen-bond donors (Lipinski definition) is 0. The van der Waals surface area contributed by atoms with Crippen molar-refractivity contribution in [1.29, 1.82) is 0 Å². The van der Waals surface area contributed by atoms with Crippen LogP contribution < -0.4 is 14.8 Å². The van der Waals surface area contributed by atoms with Gasteiger partial charge in [0.25, 0.3) is 5.56 Å². The second-order valence-corrected chi connectivity index (χ2v) is 9.46. The SMILES string of the molecule is CCCOc1ccc(/C=C/c2nc3s/c(=C\c4ccc(-c5ccc(Br)cc5)o4)c(=O)n3n2)cc1. The van der Waals surface area contributed by atoms with Gasteiger partial charge in [-0.3, -0.25) is 4.79 Å². The van der Waals surface area contributed by atoms with Gasteiger partial charge in [-0.25, -0.2) is 0 Å². The van der Waals surface area contributed by atoms with Gasteiger partial charge in [-0.1, -0.05) is 64.5 Å². The monoisotopic (exact) mass is 533 g/mol. The lowest BCUT2D eigenvalue weighted by Crippen LogP contribution is -2.23. The molecule has 34 heavy (non-hydrogen) atoms. The van der Waals surface area contributed by atoms with Crippen LogP contribution in [0.15, 0.2) is 74.3 Å². The van der Waals surface area contributed by atoms with E-state index in [0.717, 1.165) is 33.5 Å². The molecule has 0 aliphatic heterocycles. The van der Waals surface area contributed by atoms with Crippen LogP contribution in [0.5, 0.6) is 5.75 Å². The van der Waals surface area contributed by atoms with E-state index in [0.29, 0.717) is 27.7 Å². The molecule has 170 valence electrons. The van der Waals surface area contributed by atoms with E-state index in [4.69, 9.17) is 9.15 Å². The Balaban J connectivity index is 1.35. The summed E-state index contributed by atoms with van der Waals surface area (Å²) >= 11 is 4.71. The summed E-state index contributed by atoms with van der Waals surface area (Å²) in [5, 5.41) is 4.35. The van der Waals surface area contributed by atoms with E-state index in [1.165, 1.54) is 15.9 Å². The zero-order valence-electron chi connectivity index (χ0n) is 18.3. The number of hydrogen-bond acceptors (Lipinski definition) is 6. The van der Waals surface area contributed by atoms with Crippen LogP contribution in [0.25, 0.3) is 34.5 Å². The Morgan fingerprint density at radius 3 is 2.59 bits per heavy atom. The van der Waals surface area contributed by atoms with Crippen molar-refractivity contribution in [2.24, 2.45) is 0 Å². The lowest BCUT2D eigenvalue weighted by molar-refractivity contribution is 0.317. The summed E-state index contributed by atoms with van der Waals surface area (Å²) < 4.78 is 14.4. The zero-order valence-corrected chi connectivity index (χ0v) is 20.7. The summed E-state index contributed by atoms with van der Waals surface area (Å²) in [4.78, 5) is 17.8. The maximum Gasteiger partial charge on any atom is 0.291 e. The van der Waals surface area contributed by atoms with Crippen molar-refractivity contribution >= 4 is 50.5 Å². The molecule has 0 fully saturated rings. The fraction of sp³-hybridized carbons (Fsp3) is 0.115. The minimum Gasteiger partial charge on any atom is -0.494 e. The van der Waals surface area contributed by atoms with E-state index in [2.05, 4.69) is 32.9 Å². The first-order chi connectivity index (χ1) is 16.6. The molecule has 0 bridgehead atoms. The highest BCUT2D eigenvalue weighted by Crippen LogP contribution is 2.24. The first-order valence-electron chi connectivity index (χ1n) is 10.8. The molecule has 0 aliphatic rings. The van der Waals surface area contributed by atoms with Crippen LogP contribution in [-0.4, -0.2) is 21.2 Å². The fourth-order valence-electron chi connectivity index (χ4n) is 3.31. The van der Waals surface area contributed by atoms with Crippen LogP contribution in [0.1, 0.15) is 30.5 Å². The number of fused-ring (bicyclic) bond motifs is 1. The van der Waals surface area contributed by atoms with Gasteiger partial charge in [0, 0.05) is 16.1 Å². The molecule has 2 aromatic carbocycles. The van der Waals surface area contributed by atoms with Gasteiger partial charge in [0.15, 0.2) is 5.82 Å². The van der Waals surface area contributed by atoms with Gasteiger partial charge in [0.2, 0.25) is 4.96 Å². The molecule has 3 heterocycles. The van der Waals surface area contributed by atoms with Crippen LogP contribution in [0.4, 0.5) is 0 Å². The number of furan rings is 1. The average Bonchev–Trinajstić information content (AvgIpc) is 3.55. The van der Waals surface area contributed by atoms with Crippen LogP contribution in [0.3, 0.4) is 0 Å². The predicted molar refractivity (Wildman–Crippen MR) is 139 cm³/mol. The lowest BCUT2D eigenvalue weighted by Gasteiger charge is -2.03. The predicted octanol–water partition coefficient (Wildman–Crippen LogP) is 5.68. The van der Waals surface area contributed by atoms with Crippen molar-refractivity contribution in [2.45, 2.75) is 13.3 Å². The Morgan fingerprint density at radius 2 is 1.85 bits per heavy atom. The van der Waals surface area contributed by atoms with Crippen LogP contribution in [0.2, 0.25) is 0 Å². The van der Waals surface area contributed by atoms with E-state index in [-0.39, 0.29) is 5.56 Å². The number of rotatable bonds is 7. The largest absolute Gasteiger partial charge is 0.494 e. The summed E-state index contributed by atoms with van der Waals surface area (Å²) in [6.07, 6.45) is 6.40. The van der Waals surface area contributed by atoms with E-state index in [9.17, 15) is 4.79 Å². The summed E-state index contributed by atoms with van der Waals surface area (Å²) in [5.74, 6) is 2.67. The maximum absolute atomic E-state index is 12.8. The highest BCUT2D eigenvalue weighted by Gasteiger charge is 2.10. The molecule has 0 N–H and O–H groups in total. The maximum atomic E-state index is 12.8. The third-order valence-electron chi connectivity index (χ3n) is 5.00. The molecular formula is C26H20BrN3O3S. The molecule has 0 unspecified atom stereocenters. The van der Waals surface area contributed by atoms with E-state index < -0.39 is 0 Å². The molecule has 0 amide bonds. The fourth-order valence-corrected chi connectivity index (χ4v) is 4.47. The topological polar surface area (TPSA) is 69.6 Å². The molecular weight excluding hydrogens is 514 g/mol. The molecule has 0 saturated heterocycles. The molecule has 0 spiro atoms. The highest BCUT2D eigenvalue weighted by atomic mass is 79.9. The first-order valence-corrected chi connectivity index (χ1v) is 12.4. The van der Waals surface area contributed by atoms with E-state index in [1.807, 2.05) is 66.7 Å². The van der Waals surface area contributed by atoms with Gasteiger partial charge < -0.3 is 9.15 Å². The van der Waals surface area contributed by atoms with Crippen molar-refractivity contribution in [1.82, 2.24) is 14.6 Å².